The smallest absolute Gasteiger partial charge is 0.0721 e. The van der Waals surface area contributed by atoms with Gasteiger partial charge in [-0.15, -0.1) is 6.58 Å². The maximum Gasteiger partial charge on any atom is 0.0721 e. The minimum absolute atomic E-state index is 0.708. The lowest BCUT2D eigenvalue weighted by atomic mass is 9.74. The van der Waals surface area contributed by atoms with Gasteiger partial charge in [0.1, 0.15) is 0 Å². The van der Waals surface area contributed by atoms with E-state index < -0.39 is 0 Å². The summed E-state index contributed by atoms with van der Waals surface area (Å²) in [4.78, 5) is 0. The number of hydrogen-bond donors (Lipinski definition) is 0. The topological polar surface area (TPSA) is 9.23 Å². The predicted molar refractivity (Wildman–Crippen MR) is 134 cm³/mol. The lowest BCUT2D eigenvalue weighted by molar-refractivity contribution is 0.148. The summed E-state index contributed by atoms with van der Waals surface area (Å²) in [6.07, 6.45) is 24.8. The standard InChI is InChI=1S/C30H46O/c1-3-5-7-8-25-9-11-26(12-10-25)13-14-27-15-19-29(20-16-27)30-21-17-28(18-22-30)24-31-23-6-4-2/h3-4,6,17-18,21-22,25-27,29H,1,5,7-16,19-20,23-24H2,2H3/b6-4+. The molecule has 0 bridgehead atoms. The maximum absolute atomic E-state index is 5.67. The van der Waals surface area contributed by atoms with Crippen LogP contribution in [-0.4, -0.2) is 6.61 Å². The average Bonchev–Trinajstić information content (AvgIpc) is 2.82. The van der Waals surface area contributed by atoms with E-state index in [-0.39, 0.29) is 0 Å². The number of ether oxygens (including phenoxy) is 1. The summed E-state index contributed by atoms with van der Waals surface area (Å²) in [5.41, 5.74) is 2.84. The molecule has 2 aliphatic rings. The summed E-state index contributed by atoms with van der Waals surface area (Å²) in [7, 11) is 0. The molecule has 1 heteroatoms. The van der Waals surface area contributed by atoms with Gasteiger partial charge in [-0.05, 0) is 80.2 Å². The van der Waals surface area contributed by atoms with Crippen molar-refractivity contribution in [2.45, 2.75) is 103 Å². The minimum Gasteiger partial charge on any atom is -0.373 e. The normalized spacial score (nSPS) is 26.9. The molecular formula is C30H46O. The molecule has 1 nitrogen and oxygen atoms in total. The van der Waals surface area contributed by atoms with E-state index in [1.807, 2.05) is 13.0 Å². The third-order valence-corrected chi connectivity index (χ3v) is 7.99. The summed E-state index contributed by atoms with van der Waals surface area (Å²) in [6.45, 7) is 7.31. The van der Waals surface area contributed by atoms with Crippen LogP contribution < -0.4 is 0 Å². The van der Waals surface area contributed by atoms with Crippen LogP contribution in [0.15, 0.2) is 49.1 Å². The molecule has 0 atom stereocenters. The van der Waals surface area contributed by atoms with Gasteiger partial charge in [0, 0.05) is 0 Å². The zero-order chi connectivity index (χ0) is 21.7. The average molecular weight is 423 g/mol. The fourth-order valence-electron chi connectivity index (χ4n) is 5.84. The van der Waals surface area contributed by atoms with Gasteiger partial charge in [0.15, 0.2) is 0 Å². The maximum atomic E-state index is 5.67. The van der Waals surface area contributed by atoms with Crippen molar-refractivity contribution in [1.82, 2.24) is 0 Å². The molecule has 0 aromatic heterocycles. The SMILES string of the molecule is C=CCCCC1CCC(CCC2CCC(c3ccc(COC/C=C/C)cc3)CC2)CC1. The summed E-state index contributed by atoms with van der Waals surface area (Å²) < 4.78 is 5.67. The van der Waals surface area contributed by atoms with Crippen LogP contribution in [0.2, 0.25) is 0 Å². The third kappa shape index (κ3) is 8.60. The van der Waals surface area contributed by atoms with Crippen molar-refractivity contribution >= 4 is 0 Å². The zero-order valence-electron chi connectivity index (χ0n) is 20.1. The van der Waals surface area contributed by atoms with E-state index >= 15 is 0 Å². The molecule has 0 spiro atoms. The Bertz CT molecular complexity index is 627. The number of benzene rings is 1. The fourth-order valence-corrected chi connectivity index (χ4v) is 5.84. The van der Waals surface area contributed by atoms with E-state index in [9.17, 15) is 0 Å². The van der Waals surface area contributed by atoms with E-state index in [2.05, 4.69) is 43.0 Å². The van der Waals surface area contributed by atoms with E-state index in [4.69, 9.17) is 4.74 Å². The molecule has 3 rings (SSSR count). The first-order valence-electron chi connectivity index (χ1n) is 13.2. The fraction of sp³-hybridized carbons (Fsp3) is 0.667. The van der Waals surface area contributed by atoms with Gasteiger partial charge in [-0.2, -0.15) is 0 Å². The highest BCUT2D eigenvalue weighted by molar-refractivity contribution is 5.25. The zero-order valence-corrected chi connectivity index (χ0v) is 20.1. The van der Waals surface area contributed by atoms with Gasteiger partial charge in [0.2, 0.25) is 0 Å². The van der Waals surface area contributed by atoms with Crippen LogP contribution >= 0.6 is 0 Å². The molecule has 0 saturated heterocycles. The Morgan fingerprint density at radius 3 is 2.00 bits per heavy atom. The third-order valence-electron chi connectivity index (χ3n) is 7.99. The Hall–Kier alpha value is -1.34. The van der Waals surface area contributed by atoms with Crippen LogP contribution in [0.1, 0.15) is 107 Å². The number of hydrogen-bond acceptors (Lipinski definition) is 1. The molecule has 31 heavy (non-hydrogen) atoms. The quantitative estimate of drug-likeness (QED) is 0.241. The molecule has 2 saturated carbocycles. The van der Waals surface area contributed by atoms with Gasteiger partial charge >= 0.3 is 0 Å². The van der Waals surface area contributed by atoms with Crippen molar-refractivity contribution in [3.63, 3.8) is 0 Å². The van der Waals surface area contributed by atoms with Crippen molar-refractivity contribution in [2.75, 3.05) is 6.61 Å². The second kappa shape index (κ2) is 13.9. The Labute approximate surface area is 192 Å². The largest absolute Gasteiger partial charge is 0.373 e. The molecule has 2 fully saturated rings. The van der Waals surface area contributed by atoms with Gasteiger partial charge in [0.25, 0.3) is 0 Å². The van der Waals surface area contributed by atoms with E-state index in [1.54, 1.807) is 5.56 Å². The number of unbranched alkanes of at least 4 members (excludes halogenated alkanes) is 1. The van der Waals surface area contributed by atoms with Crippen LogP contribution in [0, 0.1) is 17.8 Å². The Morgan fingerprint density at radius 1 is 0.839 bits per heavy atom. The molecule has 0 radical (unpaired) electrons. The van der Waals surface area contributed by atoms with Crippen molar-refractivity contribution in [3.8, 4) is 0 Å². The van der Waals surface area contributed by atoms with Crippen LogP contribution in [0.4, 0.5) is 0 Å². The Balaban J connectivity index is 1.30. The summed E-state index contributed by atoms with van der Waals surface area (Å²) in [5, 5.41) is 0. The number of allylic oxidation sites excluding steroid dienone is 2. The monoisotopic (exact) mass is 422 g/mol. The molecule has 1 aromatic rings. The molecule has 2 aliphatic carbocycles. The van der Waals surface area contributed by atoms with Gasteiger partial charge < -0.3 is 4.74 Å². The van der Waals surface area contributed by atoms with Crippen molar-refractivity contribution in [2.24, 2.45) is 17.8 Å². The second-order valence-corrected chi connectivity index (χ2v) is 10.2. The van der Waals surface area contributed by atoms with E-state index in [0.29, 0.717) is 13.2 Å². The first kappa shape index (κ1) is 24.3. The van der Waals surface area contributed by atoms with Gasteiger partial charge in [-0.3, -0.25) is 0 Å². The van der Waals surface area contributed by atoms with E-state index in [1.165, 1.54) is 89.0 Å². The van der Waals surface area contributed by atoms with E-state index in [0.717, 1.165) is 23.7 Å². The molecule has 0 aliphatic heterocycles. The molecule has 0 N–H and O–H groups in total. The summed E-state index contributed by atoms with van der Waals surface area (Å²) in [6, 6.07) is 9.25. The highest BCUT2D eigenvalue weighted by atomic mass is 16.5. The highest BCUT2D eigenvalue weighted by Gasteiger charge is 2.25. The highest BCUT2D eigenvalue weighted by Crippen LogP contribution is 2.40. The molecular weight excluding hydrogens is 376 g/mol. The Morgan fingerprint density at radius 2 is 1.42 bits per heavy atom. The van der Waals surface area contributed by atoms with Gasteiger partial charge in [-0.1, -0.05) is 87.4 Å². The van der Waals surface area contributed by atoms with Crippen molar-refractivity contribution < 1.29 is 4.74 Å². The van der Waals surface area contributed by atoms with Crippen LogP contribution in [0.3, 0.4) is 0 Å². The molecule has 0 unspecified atom stereocenters. The van der Waals surface area contributed by atoms with Crippen molar-refractivity contribution in [3.05, 3.63) is 60.2 Å². The van der Waals surface area contributed by atoms with Crippen LogP contribution in [0.5, 0.6) is 0 Å². The van der Waals surface area contributed by atoms with Crippen LogP contribution in [-0.2, 0) is 11.3 Å². The molecule has 172 valence electrons. The van der Waals surface area contributed by atoms with Crippen LogP contribution in [0.25, 0.3) is 0 Å². The summed E-state index contributed by atoms with van der Waals surface area (Å²) in [5.74, 6) is 3.80. The Kier molecular flexibility index (Phi) is 10.9. The first-order valence-corrected chi connectivity index (χ1v) is 13.2. The molecule has 0 amide bonds. The lowest BCUT2D eigenvalue weighted by Gasteiger charge is -2.32. The van der Waals surface area contributed by atoms with Gasteiger partial charge in [-0.25, -0.2) is 0 Å². The van der Waals surface area contributed by atoms with Crippen molar-refractivity contribution in [1.29, 1.82) is 0 Å². The molecule has 1 aromatic carbocycles. The number of rotatable bonds is 12. The molecule has 0 heterocycles. The first-order chi connectivity index (χ1) is 15.3. The lowest BCUT2D eigenvalue weighted by Crippen LogP contribution is -2.17. The predicted octanol–water partition coefficient (Wildman–Crippen LogP) is 9.00. The summed E-state index contributed by atoms with van der Waals surface area (Å²) >= 11 is 0. The minimum atomic E-state index is 0.708. The van der Waals surface area contributed by atoms with Gasteiger partial charge in [0.05, 0.1) is 13.2 Å². The second-order valence-electron chi connectivity index (χ2n) is 10.2.